The third-order valence-electron chi connectivity index (χ3n) is 4.85. The van der Waals surface area contributed by atoms with Crippen LogP contribution in [-0.4, -0.2) is 39.7 Å². The smallest absolute Gasteiger partial charge is 0.379 e. The predicted molar refractivity (Wildman–Crippen MR) is 119 cm³/mol. The average molecular weight is 464 g/mol. The van der Waals surface area contributed by atoms with E-state index in [1.165, 1.54) is 48.5 Å². The molecule has 2 aromatic carbocycles. The summed E-state index contributed by atoms with van der Waals surface area (Å²) in [6.45, 7) is 0. The summed E-state index contributed by atoms with van der Waals surface area (Å²) in [6, 6.07) is 15.1. The zero-order valence-electron chi connectivity index (χ0n) is 17.7. The van der Waals surface area contributed by atoms with Crippen molar-refractivity contribution in [3.63, 3.8) is 0 Å². The van der Waals surface area contributed by atoms with Crippen LogP contribution in [0.25, 0.3) is 11.3 Å². The van der Waals surface area contributed by atoms with E-state index < -0.39 is 42.5 Å². The van der Waals surface area contributed by atoms with Gasteiger partial charge in [-0.15, -0.1) is 0 Å². The van der Waals surface area contributed by atoms with Gasteiger partial charge >= 0.3 is 17.9 Å². The van der Waals surface area contributed by atoms with Crippen molar-refractivity contribution in [3.8, 4) is 17.1 Å². The zero-order chi connectivity index (χ0) is 24.8. The van der Waals surface area contributed by atoms with Crippen LogP contribution >= 0.6 is 0 Å². The maximum atomic E-state index is 12.5. The van der Waals surface area contributed by atoms with Crippen molar-refractivity contribution in [3.05, 3.63) is 77.6 Å². The molecule has 0 aliphatic carbocycles. The fourth-order valence-electron chi connectivity index (χ4n) is 3.11. The summed E-state index contributed by atoms with van der Waals surface area (Å²) in [7, 11) is 0. The van der Waals surface area contributed by atoms with Crippen LogP contribution in [-0.2, 0) is 9.59 Å². The number of ether oxygens (including phenoxy) is 1. The third kappa shape index (κ3) is 5.94. The number of carboxylic acid groups (broad SMARTS) is 2. The molecule has 10 heteroatoms. The molecule has 0 unspecified atom stereocenters. The first-order chi connectivity index (χ1) is 16.1. The van der Waals surface area contributed by atoms with Crippen molar-refractivity contribution in [1.29, 1.82) is 5.41 Å². The number of nitrogens with two attached hydrogens (primary N) is 1. The Morgan fingerprint density at radius 1 is 0.941 bits per heavy atom. The Morgan fingerprint density at radius 2 is 1.65 bits per heavy atom. The molecule has 0 aliphatic rings. The summed E-state index contributed by atoms with van der Waals surface area (Å²) in [4.78, 5) is 47.0. The van der Waals surface area contributed by atoms with Gasteiger partial charge in [0.15, 0.2) is 5.78 Å². The molecule has 0 saturated heterocycles. The summed E-state index contributed by atoms with van der Waals surface area (Å²) in [5, 5.41) is 25.4. The Labute approximate surface area is 193 Å². The zero-order valence-corrected chi connectivity index (χ0v) is 17.7. The van der Waals surface area contributed by atoms with Gasteiger partial charge in [0, 0.05) is 23.1 Å². The molecule has 1 aromatic heterocycles. The molecule has 34 heavy (non-hydrogen) atoms. The molecule has 0 aliphatic heterocycles. The van der Waals surface area contributed by atoms with Gasteiger partial charge in [0.25, 0.3) is 0 Å². The molecule has 3 rings (SSSR count). The van der Waals surface area contributed by atoms with Crippen LogP contribution in [0.4, 0.5) is 0 Å². The van der Waals surface area contributed by atoms with Crippen LogP contribution in [0, 0.1) is 11.3 Å². The van der Waals surface area contributed by atoms with Gasteiger partial charge in [-0.25, -0.2) is 4.79 Å². The van der Waals surface area contributed by atoms with E-state index in [0.29, 0.717) is 11.1 Å². The lowest BCUT2D eigenvalue weighted by Crippen LogP contribution is -2.21. The molecular formula is C24H20N2O8. The number of hydrogen-bond acceptors (Lipinski definition) is 7. The number of amidine groups is 1. The van der Waals surface area contributed by atoms with Crippen LogP contribution in [0.1, 0.15) is 39.3 Å². The SMILES string of the molecule is N=C(N)c1ccc(OC(=O)c2ccc(-c3cccc(C(=O)C[C@@H](CC(=O)O)C(=O)O)c3)o2)cc1. The quantitative estimate of drug-likeness (QED) is 0.115. The first-order valence-corrected chi connectivity index (χ1v) is 9.98. The standard InChI is InChI=1S/C24H20N2O8/c25-22(26)13-4-6-17(7-5-13)33-24(32)20-9-8-19(34-20)15-3-1-2-14(10-15)18(27)11-16(23(30)31)12-21(28)29/h1-10,16H,11-12H2,(H3,25,26)(H,28,29)(H,30,31)/t16-/m0/s1. The number of nitrogens with one attached hydrogen (secondary N) is 1. The number of benzene rings is 2. The number of Topliss-reactive ketones (excluding diaryl/α,β-unsaturated/α-hetero) is 1. The average Bonchev–Trinajstić information content (AvgIpc) is 3.29. The second kappa shape index (κ2) is 10.3. The van der Waals surface area contributed by atoms with E-state index in [0.717, 1.165) is 0 Å². The fourth-order valence-corrected chi connectivity index (χ4v) is 3.11. The highest BCUT2D eigenvalue weighted by atomic mass is 16.5. The summed E-state index contributed by atoms with van der Waals surface area (Å²) < 4.78 is 10.8. The maximum absolute atomic E-state index is 12.5. The van der Waals surface area contributed by atoms with E-state index in [2.05, 4.69) is 0 Å². The minimum absolute atomic E-state index is 0.0882. The third-order valence-corrected chi connectivity index (χ3v) is 4.85. The number of carbonyl (C=O) groups is 4. The molecule has 174 valence electrons. The summed E-state index contributed by atoms with van der Waals surface area (Å²) in [5.41, 5.74) is 6.51. The molecule has 5 N–H and O–H groups in total. The number of ketones is 1. The monoisotopic (exact) mass is 464 g/mol. The molecular weight excluding hydrogens is 444 g/mol. The maximum Gasteiger partial charge on any atom is 0.379 e. The van der Waals surface area contributed by atoms with E-state index in [1.54, 1.807) is 12.1 Å². The minimum Gasteiger partial charge on any atom is -0.481 e. The second-order valence-electron chi connectivity index (χ2n) is 7.33. The molecule has 3 aromatic rings. The van der Waals surface area contributed by atoms with E-state index >= 15 is 0 Å². The second-order valence-corrected chi connectivity index (χ2v) is 7.33. The first kappa shape index (κ1) is 23.9. The van der Waals surface area contributed by atoms with E-state index in [9.17, 15) is 19.2 Å². The largest absolute Gasteiger partial charge is 0.481 e. The van der Waals surface area contributed by atoms with E-state index in [-0.39, 0.29) is 28.7 Å². The Kier molecular flexibility index (Phi) is 7.22. The topological polar surface area (TPSA) is 181 Å². The van der Waals surface area contributed by atoms with E-state index in [1.807, 2.05) is 0 Å². The minimum atomic E-state index is -1.36. The molecule has 10 nitrogen and oxygen atoms in total. The molecule has 0 amide bonds. The number of aliphatic carboxylic acids is 2. The number of carbonyl (C=O) groups excluding carboxylic acids is 2. The fraction of sp³-hybridized carbons (Fsp3) is 0.125. The van der Waals surface area contributed by atoms with Gasteiger partial charge in [-0.2, -0.15) is 0 Å². The summed E-state index contributed by atoms with van der Waals surface area (Å²) in [6.07, 6.45) is -1.13. The molecule has 0 fully saturated rings. The number of rotatable bonds is 10. The molecule has 1 heterocycles. The summed E-state index contributed by atoms with van der Waals surface area (Å²) >= 11 is 0. The molecule has 0 radical (unpaired) electrons. The molecule has 0 spiro atoms. The lowest BCUT2D eigenvalue weighted by atomic mass is 9.94. The normalized spacial score (nSPS) is 11.4. The van der Waals surface area contributed by atoms with E-state index in [4.69, 9.17) is 30.5 Å². The first-order valence-electron chi connectivity index (χ1n) is 9.98. The van der Waals surface area contributed by atoms with Crippen LogP contribution in [0.15, 0.2) is 65.1 Å². The Bertz CT molecular complexity index is 1260. The van der Waals surface area contributed by atoms with Crippen LogP contribution < -0.4 is 10.5 Å². The van der Waals surface area contributed by atoms with Gasteiger partial charge in [0.05, 0.1) is 12.3 Å². The van der Waals surface area contributed by atoms with Crippen molar-refractivity contribution in [2.75, 3.05) is 0 Å². The number of hydrogen-bond donors (Lipinski definition) is 4. The van der Waals surface area contributed by atoms with Crippen molar-refractivity contribution in [2.24, 2.45) is 11.7 Å². The Balaban J connectivity index is 1.72. The highest BCUT2D eigenvalue weighted by Crippen LogP contribution is 2.25. The van der Waals surface area contributed by atoms with Crippen molar-refractivity contribution in [2.45, 2.75) is 12.8 Å². The molecule has 1 atom stereocenters. The van der Waals surface area contributed by atoms with Crippen molar-refractivity contribution >= 4 is 29.5 Å². The Hall–Kier alpha value is -4.73. The summed E-state index contributed by atoms with van der Waals surface area (Å²) in [5.74, 6) is -5.00. The molecule has 0 bridgehead atoms. The van der Waals surface area contributed by atoms with Crippen molar-refractivity contribution < 1.29 is 38.5 Å². The van der Waals surface area contributed by atoms with Crippen LogP contribution in [0.2, 0.25) is 0 Å². The highest BCUT2D eigenvalue weighted by Gasteiger charge is 2.25. The number of nitrogen functional groups attached to an aromatic ring is 1. The number of furan rings is 1. The lowest BCUT2D eigenvalue weighted by Gasteiger charge is -2.09. The van der Waals surface area contributed by atoms with Gasteiger partial charge < -0.3 is 25.1 Å². The van der Waals surface area contributed by atoms with Gasteiger partial charge in [-0.05, 0) is 42.5 Å². The molecule has 0 saturated carbocycles. The van der Waals surface area contributed by atoms with Crippen LogP contribution in [0.5, 0.6) is 5.75 Å². The lowest BCUT2D eigenvalue weighted by molar-refractivity contribution is -0.148. The highest BCUT2D eigenvalue weighted by molar-refractivity contribution is 5.99. The number of esters is 1. The predicted octanol–water partition coefficient (Wildman–Crippen LogP) is 3.20. The number of carboxylic acids is 2. The van der Waals surface area contributed by atoms with Crippen molar-refractivity contribution in [1.82, 2.24) is 0 Å². The Morgan fingerprint density at radius 3 is 2.26 bits per heavy atom. The van der Waals surface area contributed by atoms with Gasteiger partial charge in [0.1, 0.15) is 17.3 Å². The van der Waals surface area contributed by atoms with Gasteiger partial charge in [-0.3, -0.25) is 19.8 Å². The van der Waals surface area contributed by atoms with Gasteiger partial charge in [-0.1, -0.05) is 18.2 Å². The van der Waals surface area contributed by atoms with Gasteiger partial charge in [0.2, 0.25) is 5.76 Å². The van der Waals surface area contributed by atoms with Crippen LogP contribution in [0.3, 0.4) is 0 Å².